The summed E-state index contributed by atoms with van der Waals surface area (Å²) in [7, 11) is 1.46. The molecule has 0 aliphatic carbocycles. The Labute approximate surface area is 143 Å². The molecule has 23 heavy (non-hydrogen) atoms. The highest BCUT2D eigenvalue weighted by Gasteiger charge is 2.03. The molecule has 0 heterocycles. The molecule has 0 aliphatic heterocycles. The Morgan fingerprint density at radius 2 is 2.09 bits per heavy atom. The highest BCUT2D eigenvalue weighted by Crippen LogP contribution is 2.25. The average molecular weight is 351 g/mol. The van der Waals surface area contributed by atoms with Gasteiger partial charge in [0.1, 0.15) is 0 Å². The third kappa shape index (κ3) is 5.50. The number of phenolic OH excluding ortho intramolecular Hbond substituents is 1. The van der Waals surface area contributed by atoms with Crippen molar-refractivity contribution in [2.24, 2.45) is 5.10 Å². The van der Waals surface area contributed by atoms with Crippen molar-refractivity contribution in [3.8, 4) is 11.5 Å². The number of halogens is 1. The minimum Gasteiger partial charge on any atom is -0.504 e. The van der Waals surface area contributed by atoms with E-state index in [9.17, 15) is 9.90 Å². The second-order valence-corrected chi connectivity index (χ2v) is 5.95. The summed E-state index contributed by atoms with van der Waals surface area (Å²) < 4.78 is 5.00. The molecule has 2 rings (SSSR count). The number of benzene rings is 2. The van der Waals surface area contributed by atoms with E-state index in [4.69, 9.17) is 16.3 Å². The van der Waals surface area contributed by atoms with Gasteiger partial charge in [0, 0.05) is 9.92 Å². The van der Waals surface area contributed by atoms with Crippen LogP contribution in [0.2, 0.25) is 5.02 Å². The molecule has 7 heteroatoms. The number of phenols is 1. The van der Waals surface area contributed by atoms with Gasteiger partial charge in [0.15, 0.2) is 11.5 Å². The van der Waals surface area contributed by atoms with Crippen LogP contribution in [-0.2, 0) is 4.79 Å². The fraction of sp³-hybridized carbons (Fsp3) is 0.125. The summed E-state index contributed by atoms with van der Waals surface area (Å²) in [6.45, 7) is 0. The van der Waals surface area contributed by atoms with Crippen LogP contribution in [0.3, 0.4) is 0 Å². The van der Waals surface area contributed by atoms with Gasteiger partial charge in [-0.15, -0.1) is 11.8 Å². The Bertz CT molecular complexity index is 705. The summed E-state index contributed by atoms with van der Waals surface area (Å²) in [4.78, 5) is 12.7. The maximum Gasteiger partial charge on any atom is 0.250 e. The summed E-state index contributed by atoms with van der Waals surface area (Å²) >= 11 is 7.19. The highest BCUT2D eigenvalue weighted by atomic mass is 35.5. The number of hydrogen-bond acceptors (Lipinski definition) is 5. The molecule has 5 nitrogen and oxygen atoms in total. The molecule has 0 spiro atoms. The quantitative estimate of drug-likeness (QED) is 0.476. The van der Waals surface area contributed by atoms with Gasteiger partial charge in [-0.05, 0) is 48.0 Å². The van der Waals surface area contributed by atoms with Crippen LogP contribution in [0.1, 0.15) is 5.56 Å². The normalized spacial score (nSPS) is 10.7. The molecular weight excluding hydrogens is 336 g/mol. The molecule has 1 amide bonds. The second kappa shape index (κ2) is 8.45. The SMILES string of the molecule is COc1cc(/C=N/NC(=O)CSc2ccc(Cl)cc2)ccc1O. The summed E-state index contributed by atoms with van der Waals surface area (Å²) in [6, 6.07) is 12.0. The van der Waals surface area contributed by atoms with Crippen LogP contribution >= 0.6 is 23.4 Å². The zero-order valence-electron chi connectivity index (χ0n) is 12.3. The van der Waals surface area contributed by atoms with E-state index in [1.54, 1.807) is 24.3 Å². The lowest BCUT2D eigenvalue weighted by molar-refractivity contribution is -0.118. The van der Waals surface area contributed by atoms with E-state index in [1.165, 1.54) is 31.2 Å². The van der Waals surface area contributed by atoms with Gasteiger partial charge >= 0.3 is 0 Å². The number of carbonyl (C=O) groups is 1. The van der Waals surface area contributed by atoms with Crippen molar-refractivity contribution >= 4 is 35.5 Å². The van der Waals surface area contributed by atoms with Crippen LogP contribution in [0.5, 0.6) is 11.5 Å². The number of aromatic hydroxyl groups is 1. The number of nitrogens with one attached hydrogen (secondary N) is 1. The first kappa shape index (κ1) is 17.2. The van der Waals surface area contributed by atoms with E-state index < -0.39 is 0 Å². The molecule has 0 aliphatic rings. The van der Waals surface area contributed by atoms with Gasteiger partial charge in [-0.2, -0.15) is 5.10 Å². The largest absolute Gasteiger partial charge is 0.504 e. The number of thioether (sulfide) groups is 1. The fourth-order valence-corrected chi connectivity index (χ4v) is 2.48. The number of nitrogens with zero attached hydrogens (tertiary/aromatic N) is 1. The van der Waals surface area contributed by atoms with E-state index >= 15 is 0 Å². The van der Waals surface area contributed by atoms with Crippen molar-refractivity contribution in [3.63, 3.8) is 0 Å². The van der Waals surface area contributed by atoms with Gasteiger partial charge in [-0.3, -0.25) is 4.79 Å². The van der Waals surface area contributed by atoms with E-state index in [1.807, 2.05) is 12.1 Å². The van der Waals surface area contributed by atoms with Gasteiger partial charge < -0.3 is 9.84 Å². The Morgan fingerprint density at radius 1 is 1.35 bits per heavy atom. The molecule has 0 radical (unpaired) electrons. The first-order chi connectivity index (χ1) is 11.1. The molecule has 2 aromatic carbocycles. The molecule has 0 saturated heterocycles. The van der Waals surface area contributed by atoms with Crippen molar-refractivity contribution in [2.45, 2.75) is 4.90 Å². The topological polar surface area (TPSA) is 70.9 Å². The third-order valence-corrected chi connectivity index (χ3v) is 4.05. The maximum atomic E-state index is 11.7. The second-order valence-electron chi connectivity index (χ2n) is 4.47. The molecule has 0 fully saturated rings. The number of hydrazone groups is 1. The zero-order chi connectivity index (χ0) is 16.7. The molecule has 2 N–H and O–H groups in total. The van der Waals surface area contributed by atoms with Crippen molar-refractivity contribution in [1.82, 2.24) is 5.43 Å². The summed E-state index contributed by atoms with van der Waals surface area (Å²) in [5.74, 6) is 0.427. The number of hydrogen-bond donors (Lipinski definition) is 2. The highest BCUT2D eigenvalue weighted by molar-refractivity contribution is 8.00. The van der Waals surface area contributed by atoms with Crippen LogP contribution < -0.4 is 10.2 Å². The summed E-state index contributed by atoms with van der Waals surface area (Å²) in [5, 5.41) is 14.0. The zero-order valence-corrected chi connectivity index (χ0v) is 13.9. The lowest BCUT2D eigenvalue weighted by atomic mass is 10.2. The van der Waals surface area contributed by atoms with Crippen LogP contribution in [0.25, 0.3) is 0 Å². The Morgan fingerprint density at radius 3 is 2.78 bits per heavy atom. The Kier molecular flexibility index (Phi) is 6.31. The van der Waals surface area contributed by atoms with Gasteiger partial charge in [-0.25, -0.2) is 5.43 Å². The van der Waals surface area contributed by atoms with Gasteiger partial charge in [-0.1, -0.05) is 11.6 Å². The standard InChI is InChI=1S/C16H15ClN2O3S/c1-22-15-8-11(2-7-14(15)20)9-18-19-16(21)10-23-13-5-3-12(17)4-6-13/h2-9,20H,10H2,1H3,(H,19,21)/b18-9+. The van der Waals surface area contributed by atoms with Crippen molar-refractivity contribution in [3.05, 3.63) is 53.1 Å². The molecule has 0 unspecified atom stereocenters. The molecular formula is C16H15ClN2O3S. The fourth-order valence-electron chi connectivity index (χ4n) is 1.67. The first-order valence-electron chi connectivity index (χ1n) is 6.66. The van der Waals surface area contributed by atoms with E-state index in [-0.39, 0.29) is 17.4 Å². The minimum atomic E-state index is -0.216. The van der Waals surface area contributed by atoms with Crippen molar-refractivity contribution < 1.29 is 14.6 Å². The smallest absolute Gasteiger partial charge is 0.250 e. The predicted octanol–water partition coefficient (Wildman–Crippen LogP) is 3.30. The summed E-state index contributed by atoms with van der Waals surface area (Å²) in [5.41, 5.74) is 3.14. The third-order valence-electron chi connectivity index (χ3n) is 2.79. The van der Waals surface area contributed by atoms with Crippen LogP contribution in [-0.4, -0.2) is 30.1 Å². The minimum absolute atomic E-state index is 0.0491. The molecule has 0 saturated carbocycles. The average Bonchev–Trinajstić information content (AvgIpc) is 2.56. The summed E-state index contributed by atoms with van der Waals surface area (Å²) in [6.07, 6.45) is 1.48. The number of amides is 1. The van der Waals surface area contributed by atoms with Gasteiger partial charge in [0.05, 0.1) is 19.1 Å². The van der Waals surface area contributed by atoms with Crippen LogP contribution in [0.4, 0.5) is 0 Å². The van der Waals surface area contributed by atoms with Crippen molar-refractivity contribution in [2.75, 3.05) is 12.9 Å². The molecule has 2 aromatic rings. The number of ether oxygens (including phenoxy) is 1. The first-order valence-corrected chi connectivity index (χ1v) is 8.02. The molecule has 120 valence electrons. The number of rotatable bonds is 6. The lowest BCUT2D eigenvalue weighted by Gasteiger charge is -2.03. The van der Waals surface area contributed by atoms with E-state index in [0.717, 1.165) is 4.90 Å². The van der Waals surface area contributed by atoms with E-state index in [0.29, 0.717) is 16.3 Å². The van der Waals surface area contributed by atoms with E-state index in [2.05, 4.69) is 10.5 Å². The van der Waals surface area contributed by atoms with Gasteiger partial charge in [0.2, 0.25) is 5.91 Å². The lowest BCUT2D eigenvalue weighted by Crippen LogP contribution is -2.19. The van der Waals surface area contributed by atoms with Crippen molar-refractivity contribution in [1.29, 1.82) is 0 Å². The number of methoxy groups -OCH3 is 1. The van der Waals surface area contributed by atoms with Gasteiger partial charge in [0.25, 0.3) is 0 Å². The predicted molar refractivity (Wildman–Crippen MR) is 92.6 cm³/mol. The maximum absolute atomic E-state index is 11.7. The van der Waals surface area contributed by atoms with Crippen LogP contribution in [0.15, 0.2) is 52.5 Å². The Balaban J connectivity index is 1.82. The monoisotopic (exact) mass is 350 g/mol. The molecule has 0 atom stereocenters. The molecule has 0 aromatic heterocycles. The Hall–Kier alpha value is -2.18. The number of carbonyl (C=O) groups excluding carboxylic acids is 1. The van der Waals surface area contributed by atoms with Crippen LogP contribution in [0, 0.1) is 0 Å². The molecule has 0 bridgehead atoms.